The molecule has 3 atom stereocenters. The molecule has 3 rings (SSSR count). The standard InChI is InChI=1S/C14H22BrNO/c15-4-3-10-2-1-5-16(9-10)14(17)13-7-11-6-12(11)8-13/h10-13H,1-9H2. The van der Waals surface area contributed by atoms with E-state index in [1.807, 2.05) is 0 Å². The van der Waals surface area contributed by atoms with Gasteiger partial charge in [-0.2, -0.15) is 0 Å². The fourth-order valence-corrected chi connectivity index (χ4v) is 4.48. The van der Waals surface area contributed by atoms with Crippen LogP contribution in [-0.4, -0.2) is 29.2 Å². The molecule has 3 heteroatoms. The molecule has 2 nitrogen and oxygen atoms in total. The fraction of sp³-hybridized carbons (Fsp3) is 0.929. The lowest BCUT2D eigenvalue weighted by atomic mass is 9.93. The van der Waals surface area contributed by atoms with E-state index >= 15 is 0 Å². The molecule has 3 aliphatic rings. The minimum atomic E-state index is 0.390. The Bertz CT molecular complexity index is 295. The van der Waals surface area contributed by atoms with Crippen LogP contribution in [-0.2, 0) is 4.79 Å². The molecule has 0 spiro atoms. The molecular formula is C14H22BrNO. The molecule has 2 aliphatic carbocycles. The number of rotatable bonds is 3. The molecule has 1 saturated heterocycles. The molecular weight excluding hydrogens is 278 g/mol. The number of amides is 1. The molecule has 3 unspecified atom stereocenters. The van der Waals surface area contributed by atoms with Gasteiger partial charge < -0.3 is 4.90 Å². The van der Waals surface area contributed by atoms with Crippen molar-refractivity contribution < 1.29 is 4.79 Å². The van der Waals surface area contributed by atoms with Gasteiger partial charge in [0.15, 0.2) is 0 Å². The highest BCUT2D eigenvalue weighted by atomic mass is 79.9. The average Bonchev–Trinajstić information content (AvgIpc) is 2.96. The van der Waals surface area contributed by atoms with E-state index < -0.39 is 0 Å². The Morgan fingerprint density at radius 3 is 2.71 bits per heavy atom. The van der Waals surface area contributed by atoms with Gasteiger partial charge in [0.2, 0.25) is 5.91 Å². The van der Waals surface area contributed by atoms with Crippen LogP contribution in [0.2, 0.25) is 0 Å². The summed E-state index contributed by atoms with van der Waals surface area (Å²) in [6.07, 6.45) is 7.55. The van der Waals surface area contributed by atoms with Crippen LogP contribution < -0.4 is 0 Å². The predicted molar refractivity (Wildman–Crippen MR) is 72.0 cm³/mol. The summed E-state index contributed by atoms with van der Waals surface area (Å²) in [4.78, 5) is 14.6. The van der Waals surface area contributed by atoms with Gasteiger partial charge in [0.05, 0.1) is 0 Å². The van der Waals surface area contributed by atoms with Crippen LogP contribution in [0.5, 0.6) is 0 Å². The van der Waals surface area contributed by atoms with Gasteiger partial charge >= 0.3 is 0 Å². The second-order valence-corrected chi connectivity index (χ2v) is 6.99. The first-order valence-corrected chi connectivity index (χ1v) is 8.25. The maximum Gasteiger partial charge on any atom is 0.225 e. The number of piperidine rings is 1. The third-order valence-corrected chi connectivity index (χ3v) is 5.40. The molecule has 0 aromatic heterocycles. The minimum absolute atomic E-state index is 0.390. The summed E-state index contributed by atoms with van der Waals surface area (Å²) in [5.41, 5.74) is 0. The molecule has 96 valence electrons. The Hall–Kier alpha value is -0.0500. The number of carbonyl (C=O) groups is 1. The fourth-order valence-electron chi connectivity index (χ4n) is 3.83. The van der Waals surface area contributed by atoms with Crippen molar-refractivity contribution in [2.24, 2.45) is 23.7 Å². The highest BCUT2D eigenvalue weighted by molar-refractivity contribution is 9.09. The van der Waals surface area contributed by atoms with Crippen molar-refractivity contribution in [1.29, 1.82) is 0 Å². The highest BCUT2D eigenvalue weighted by Gasteiger charge is 2.48. The molecule has 0 bridgehead atoms. The maximum absolute atomic E-state index is 12.4. The van der Waals surface area contributed by atoms with E-state index in [0.29, 0.717) is 11.8 Å². The molecule has 0 N–H and O–H groups in total. The molecule has 0 aromatic rings. The van der Waals surface area contributed by atoms with Crippen molar-refractivity contribution >= 4 is 21.8 Å². The highest BCUT2D eigenvalue weighted by Crippen LogP contribution is 2.54. The number of hydrogen-bond acceptors (Lipinski definition) is 1. The molecule has 0 radical (unpaired) electrons. The van der Waals surface area contributed by atoms with Crippen LogP contribution in [0.15, 0.2) is 0 Å². The van der Waals surface area contributed by atoms with Crippen molar-refractivity contribution in [2.75, 3.05) is 18.4 Å². The summed E-state index contributed by atoms with van der Waals surface area (Å²) in [5, 5.41) is 1.08. The first-order chi connectivity index (χ1) is 8.28. The van der Waals surface area contributed by atoms with Gasteiger partial charge in [-0.15, -0.1) is 0 Å². The van der Waals surface area contributed by atoms with E-state index in [2.05, 4.69) is 20.8 Å². The Morgan fingerprint density at radius 1 is 1.24 bits per heavy atom. The zero-order chi connectivity index (χ0) is 11.8. The minimum Gasteiger partial charge on any atom is -0.342 e. The van der Waals surface area contributed by atoms with E-state index in [4.69, 9.17) is 0 Å². The number of likely N-dealkylation sites (tertiary alicyclic amines) is 1. The summed E-state index contributed by atoms with van der Waals surface area (Å²) < 4.78 is 0. The molecule has 1 aliphatic heterocycles. The van der Waals surface area contributed by atoms with Crippen molar-refractivity contribution in [1.82, 2.24) is 4.90 Å². The summed E-state index contributed by atoms with van der Waals surface area (Å²) >= 11 is 3.52. The predicted octanol–water partition coefficient (Wildman–Crippen LogP) is 3.06. The van der Waals surface area contributed by atoms with Gasteiger partial charge in [-0.05, 0) is 56.3 Å². The van der Waals surface area contributed by atoms with Gasteiger partial charge in [-0.25, -0.2) is 0 Å². The molecule has 17 heavy (non-hydrogen) atoms. The molecule has 3 fully saturated rings. The monoisotopic (exact) mass is 299 g/mol. The number of alkyl halides is 1. The maximum atomic E-state index is 12.4. The number of nitrogens with zero attached hydrogens (tertiary/aromatic N) is 1. The topological polar surface area (TPSA) is 20.3 Å². The van der Waals surface area contributed by atoms with Crippen LogP contribution in [0.4, 0.5) is 0 Å². The lowest BCUT2D eigenvalue weighted by Gasteiger charge is -2.34. The molecule has 1 heterocycles. The lowest BCUT2D eigenvalue weighted by molar-refractivity contribution is -0.137. The van der Waals surface area contributed by atoms with Gasteiger partial charge in [-0.1, -0.05) is 15.9 Å². The van der Waals surface area contributed by atoms with Crippen LogP contribution in [0.25, 0.3) is 0 Å². The lowest BCUT2D eigenvalue weighted by Crippen LogP contribution is -2.42. The van der Waals surface area contributed by atoms with Gasteiger partial charge in [0.1, 0.15) is 0 Å². The van der Waals surface area contributed by atoms with Gasteiger partial charge in [0.25, 0.3) is 0 Å². The summed E-state index contributed by atoms with van der Waals surface area (Å²) in [6.45, 7) is 2.04. The van der Waals surface area contributed by atoms with E-state index in [9.17, 15) is 4.79 Å². The summed E-state index contributed by atoms with van der Waals surface area (Å²) in [6, 6.07) is 0. The zero-order valence-electron chi connectivity index (χ0n) is 10.4. The second kappa shape index (κ2) is 4.91. The SMILES string of the molecule is O=C(C1CC2CC2C1)N1CCCC(CCBr)C1. The van der Waals surface area contributed by atoms with Crippen molar-refractivity contribution in [3.05, 3.63) is 0 Å². The third-order valence-electron chi connectivity index (χ3n) is 4.94. The Balaban J connectivity index is 1.54. The van der Waals surface area contributed by atoms with Gasteiger partial charge in [-0.3, -0.25) is 4.79 Å². The third kappa shape index (κ3) is 2.54. The molecule has 2 saturated carbocycles. The van der Waals surface area contributed by atoms with Crippen molar-refractivity contribution in [2.45, 2.75) is 38.5 Å². The van der Waals surface area contributed by atoms with Crippen LogP contribution in [0, 0.1) is 23.7 Å². The zero-order valence-corrected chi connectivity index (χ0v) is 12.0. The average molecular weight is 300 g/mol. The number of fused-ring (bicyclic) bond motifs is 1. The van der Waals surface area contributed by atoms with E-state index in [-0.39, 0.29) is 0 Å². The smallest absolute Gasteiger partial charge is 0.225 e. The Labute approximate surface area is 112 Å². The normalized spacial score (nSPS) is 40.2. The first kappa shape index (κ1) is 12.0. The molecule has 1 amide bonds. The number of halogens is 1. The quantitative estimate of drug-likeness (QED) is 0.734. The number of hydrogen-bond donors (Lipinski definition) is 0. The number of carbonyl (C=O) groups excluding carboxylic acids is 1. The van der Waals surface area contributed by atoms with E-state index in [1.165, 1.54) is 38.5 Å². The summed E-state index contributed by atoms with van der Waals surface area (Å²) in [7, 11) is 0. The van der Waals surface area contributed by atoms with Crippen molar-refractivity contribution in [3.8, 4) is 0 Å². The first-order valence-electron chi connectivity index (χ1n) is 7.12. The summed E-state index contributed by atoms with van der Waals surface area (Å²) in [5.74, 6) is 3.46. The van der Waals surface area contributed by atoms with Crippen LogP contribution in [0.3, 0.4) is 0 Å². The van der Waals surface area contributed by atoms with Crippen LogP contribution >= 0.6 is 15.9 Å². The van der Waals surface area contributed by atoms with Crippen LogP contribution in [0.1, 0.15) is 38.5 Å². The second-order valence-electron chi connectivity index (χ2n) is 6.19. The Morgan fingerprint density at radius 2 is 2.00 bits per heavy atom. The largest absolute Gasteiger partial charge is 0.342 e. The van der Waals surface area contributed by atoms with Crippen molar-refractivity contribution in [3.63, 3.8) is 0 Å². The van der Waals surface area contributed by atoms with Gasteiger partial charge in [0, 0.05) is 24.3 Å². The Kier molecular flexibility index (Phi) is 3.47. The van der Waals surface area contributed by atoms with E-state index in [1.54, 1.807) is 0 Å². The van der Waals surface area contributed by atoms with E-state index in [0.717, 1.165) is 36.2 Å². The molecule has 0 aromatic carbocycles.